The van der Waals surface area contributed by atoms with Crippen LogP contribution < -0.4 is 0 Å². The van der Waals surface area contributed by atoms with E-state index in [0.717, 1.165) is 24.5 Å². The minimum Gasteiger partial charge on any atom is -0.335 e. The first-order chi connectivity index (χ1) is 8.41. The van der Waals surface area contributed by atoms with Gasteiger partial charge in [-0.3, -0.25) is 9.80 Å². The molecule has 19 heavy (non-hydrogen) atoms. The monoisotopic (exact) mass is 269 g/mol. The van der Waals surface area contributed by atoms with E-state index in [1.54, 1.807) is 0 Å². The highest BCUT2D eigenvalue weighted by molar-refractivity contribution is 5.79. The molecule has 1 aliphatic heterocycles. The van der Waals surface area contributed by atoms with Crippen molar-refractivity contribution < 1.29 is 4.79 Å². The van der Waals surface area contributed by atoms with E-state index in [4.69, 9.17) is 0 Å². The summed E-state index contributed by atoms with van der Waals surface area (Å²) >= 11 is 0. The fourth-order valence-electron chi connectivity index (χ4n) is 1.67. The summed E-state index contributed by atoms with van der Waals surface area (Å²) in [6.45, 7) is 17.8. The molecule has 0 spiro atoms. The molecular formula is C15H31N3O. The molecule has 0 N–H and O–H groups in total. The van der Waals surface area contributed by atoms with Gasteiger partial charge in [0, 0.05) is 23.9 Å². The quantitative estimate of drug-likeness (QED) is 0.721. The molecule has 0 unspecified atom stereocenters. The van der Waals surface area contributed by atoms with Crippen molar-refractivity contribution in [3.05, 3.63) is 12.3 Å². The molecule has 1 saturated heterocycles. The van der Waals surface area contributed by atoms with Gasteiger partial charge in [0.05, 0.1) is 13.1 Å². The van der Waals surface area contributed by atoms with Crippen molar-refractivity contribution in [2.75, 3.05) is 19.6 Å². The average Bonchev–Trinajstić information content (AvgIpc) is 2.32. The third-order valence-electron chi connectivity index (χ3n) is 2.45. The fraction of sp³-hybridized carbons (Fsp3) is 0.733. The van der Waals surface area contributed by atoms with Gasteiger partial charge in [-0.15, -0.1) is 0 Å². The predicted octanol–water partition coefficient (Wildman–Crippen LogP) is 3.36. The van der Waals surface area contributed by atoms with E-state index < -0.39 is 0 Å². The van der Waals surface area contributed by atoms with Gasteiger partial charge < -0.3 is 4.90 Å². The lowest BCUT2D eigenvalue weighted by molar-refractivity contribution is -0.135. The van der Waals surface area contributed by atoms with Crippen LogP contribution in [0.2, 0.25) is 0 Å². The number of hydrogen-bond donors (Lipinski definition) is 0. The Hall–Kier alpha value is -1.32. The third kappa shape index (κ3) is 6.41. The maximum atomic E-state index is 11.8. The molecule has 0 aromatic carbocycles. The highest BCUT2D eigenvalue weighted by Gasteiger charge is 2.24. The van der Waals surface area contributed by atoms with Crippen molar-refractivity contribution >= 4 is 11.6 Å². The van der Waals surface area contributed by atoms with Gasteiger partial charge in [0.2, 0.25) is 5.91 Å². The van der Waals surface area contributed by atoms with E-state index >= 15 is 0 Å². The van der Waals surface area contributed by atoms with Gasteiger partial charge in [-0.2, -0.15) is 5.10 Å². The summed E-state index contributed by atoms with van der Waals surface area (Å²) in [5.41, 5.74) is 1.89. The summed E-state index contributed by atoms with van der Waals surface area (Å²) in [6.07, 6.45) is 0. The molecule has 0 aromatic rings. The van der Waals surface area contributed by atoms with Crippen LogP contribution in [0, 0.1) is 5.92 Å². The Balaban J connectivity index is 0. The highest BCUT2D eigenvalue weighted by Crippen LogP contribution is 2.14. The summed E-state index contributed by atoms with van der Waals surface area (Å²) < 4.78 is 0. The van der Waals surface area contributed by atoms with Gasteiger partial charge in [-0.05, 0) is 13.8 Å². The van der Waals surface area contributed by atoms with E-state index in [0.29, 0.717) is 6.54 Å². The van der Waals surface area contributed by atoms with Crippen LogP contribution >= 0.6 is 0 Å². The predicted molar refractivity (Wildman–Crippen MR) is 84.1 cm³/mol. The first-order valence-electron chi connectivity index (χ1n) is 6.67. The van der Waals surface area contributed by atoms with Gasteiger partial charge >= 0.3 is 0 Å². The third-order valence-corrected chi connectivity index (χ3v) is 2.45. The van der Waals surface area contributed by atoms with Gasteiger partial charge in [-0.1, -0.05) is 41.7 Å². The minimum atomic E-state index is 0. The van der Waals surface area contributed by atoms with Gasteiger partial charge in [0.15, 0.2) is 0 Å². The molecule has 1 fully saturated rings. The van der Waals surface area contributed by atoms with Crippen LogP contribution in [0.3, 0.4) is 0 Å². The van der Waals surface area contributed by atoms with Gasteiger partial charge in [0.25, 0.3) is 0 Å². The van der Waals surface area contributed by atoms with Crippen molar-refractivity contribution in [2.45, 2.75) is 49.0 Å². The number of piperazine rings is 1. The molecule has 112 valence electrons. The zero-order valence-corrected chi connectivity index (χ0v) is 12.7. The first kappa shape index (κ1) is 20.0. The molecule has 4 nitrogen and oxygen atoms in total. The van der Waals surface area contributed by atoms with Crippen LogP contribution in [-0.2, 0) is 4.79 Å². The number of hydrazone groups is 1. The Labute approximate surface area is 119 Å². The first-order valence-corrected chi connectivity index (χ1v) is 6.67. The second-order valence-electron chi connectivity index (χ2n) is 4.65. The Morgan fingerprint density at radius 2 is 1.79 bits per heavy atom. The van der Waals surface area contributed by atoms with E-state index in [-0.39, 0.29) is 19.3 Å². The molecule has 0 aliphatic carbocycles. The van der Waals surface area contributed by atoms with Crippen molar-refractivity contribution in [2.24, 2.45) is 11.0 Å². The largest absolute Gasteiger partial charge is 0.335 e. The number of amides is 1. The van der Waals surface area contributed by atoms with Crippen LogP contribution in [0.15, 0.2) is 17.4 Å². The molecule has 0 aromatic heterocycles. The van der Waals surface area contributed by atoms with Crippen molar-refractivity contribution in [1.82, 2.24) is 9.91 Å². The highest BCUT2D eigenvalue weighted by atomic mass is 16.2. The summed E-state index contributed by atoms with van der Waals surface area (Å²) in [4.78, 5) is 13.7. The van der Waals surface area contributed by atoms with E-state index in [1.807, 2.05) is 51.5 Å². The van der Waals surface area contributed by atoms with Crippen LogP contribution in [0.5, 0.6) is 0 Å². The Bertz CT molecular complexity index is 317. The molecule has 1 rings (SSSR count). The SMILES string of the molecule is C.C=C1CN(C(=O)C(C)C)CCN1N=C(C)C.CC. The second-order valence-corrected chi connectivity index (χ2v) is 4.65. The van der Waals surface area contributed by atoms with Crippen LogP contribution in [0.4, 0.5) is 0 Å². The summed E-state index contributed by atoms with van der Waals surface area (Å²) in [6, 6.07) is 0. The molecule has 0 bridgehead atoms. The standard InChI is InChI=1S/C12H21N3O.C2H6.CH4/c1-9(2)12(16)14-6-7-15(11(5)8-14)13-10(3)4;1-2;/h9H,5-8H2,1-4H3;1-2H3;1H4. The van der Waals surface area contributed by atoms with Gasteiger partial charge in [-0.25, -0.2) is 0 Å². The Morgan fingerprint density at radius 3 is 2.16 bits per heavy atom. The molecule has 1 heterocycles. The second kappa shape index (κ2) is 9.59. The maximum Gasteiger partial charge on any atom is 0.225 e. The lowest BCUT2D eigenvalue weighted by atomic mass is 10.1. The smallest absolute Gasteiger partial charge is 0.225 e. The normalized spacial score (nSPS) is 14.4. The topological polar surface area (TPSA) is 35.9 Å². The molecular weight excluding hydrogens is 238 g/mol. The lowest BCUT2D eigenvalue weighted by Crippen LogP contribution is -2.46. The number of hydrogen-bond acceptors (Lipinski definition) is 3. The Kier molecular flexibility index (Phi) is 10.1. The van der Waals surface area contributed by atoms with Crippen molar-refractivity contribution in [1.29, 1.82) is 0 Å². The fourth-order valence-corrected chi connectivity index (χ4v) is 1.67. The van der Waals surface area contributed by atoms with E-state index in [9.17, 15) is 4.79 Å². The minimum absolute atomic E-state index is 0. The molecule has 4 heteroatoms. The lowest BCUT2D eigenvalue weighted by Gasteiger charge is -2.35. The maximum absolute atomic E-state index is 11.8. The van der Waals surface area contributed by atoms with E-state index in [2.05, 4.69) is 11.7 Å². The molecule has 0 radical (unpaired) electrons. The zero-order valence-electron chi connectivity index (χ0n) is 12.7. The number of nitrogens with zero attached hydrogens (tertiary/aromatic N) is 3. The number of carbonyl (C=O) groups is 1. The zero-order chi connectivity index (χ0) is 14.3. The number of carbonyl (C=O) groups excluding carboxylic acids is 1. The van der Waals surface area contributed by atoms with E-state index in [1.165, 1.54) is 0 Å². The van der Waals surface area contributed by atoms with Crippen LogP contribution in [-0.4, -0.2) is 41.2 Å². The summed E-state index contributed by atoms with van der Waals surface area (Å²) in [7, 11) is 0. The van der Waals surface area contributed by atoms with Crippen molar-refractivity contribution in [3.8, 4) is 0 Å². The average molecular weight is 269 g/mol. The number of rotatable bonds is 2. The van der Waals surface area contributed by atoms with Crippen LogP contribution in [0.1, 0.15) is 49.0 Å². The molecule has 1 amide bonds. The molecule has 0 atom stereocenters. The summed E-state index contributed by atoms with van der Waals surface area (Å²) in [5.74, 6) is 0.244. The van der Waals surface area contributed by atoms with Gasteiger partial charge in [0.1, 0.15) is 0 Å². The molecule has 0 saturated carbocycles. The summed E-state index contributed by atoms with van der Waals surface area (Å²) in [5, 5.41) is 6.26. The van der Waals surface area contributed by atoms with Crippen LogP contribution in [0.25, 0.3) is 0 Å². The Morgan fingerprint density at radius 1 is 1.26 bits per heavy atom. The van der Waals surface area contributed by atoms with Crippen molar-refractivity contribution in [3.63, 3.8) is 0 Å². The molecule has 1 aliphatic rings.